The van der Waals surface area contributed by atoms with Crippen molar-refractivity contribution in [1.82, 2.24) is 15.3 Å². The van der Waals surface area contributed by atoms with E-state index in [-0.39, 0.29) is 11.9 Å². The van der Waals surface area contributed by atoms with E-state index in [0.717, 1.165) is 28.2 Å². The molecule has 0 spiro atoms. The Morgan fingerprint density at radius 3 is 2.91 bits per heavy atom. The Bertz CT molecular complexity index is 867. The number of aromatic nitrogens is 2. The molecule has 2 heterocycles. The SMILES string of the molecule is CC1CCCCC1NC(=O)c1cc2ccc3cccnc3c2[nH]1. The molecule has 0 saturated heterocycles. The van der Waals surface area contributed by atoms with Crippen LogP contribution in [0.4, 0.5) is 0 Å². The van der Waals surface area contributed by atoms with Gasteiger partial charge < -0.3 is 10.3 Å². The molecule has 4 rings (SSSR count). The van der Waals surface area contributed by atoms with Crippen molar-refractivity contribution in [1.29, 1.82) is 0 Å². The predicted octanol–water partition coefficient (Wildman–Crippen LogP) is 4.02. The number of nitrogens with zero attached hydrogens (tertiary/aromatic N) is 1. The van der Waals surface area contributed by atoms with E-state index in [1.54, 1.807) is 6.20 Å². The van der Waals surface area contributed by atoms with Crippen LogP contribution in [0.1, 0.15) is 43.1 Å². The first-order chi connectivity index (χ1) is 11.2. The summed E-state index contributed by atoms with van der Waals surface area (Å²) in [6.07, 6.45) is 6.55. The van der Waals surface area contributed by atoms with Gasteiger partial charge in [-0.1, -0.05) is 38.0 Å². The molecule has 1 aliphatic rings. The summed E-state index contributed by atoms with van der Waals surface area (Å²) in [5.74, 6) is 0.545. The Labute approximate surface area is 135 Å². The summed E-state index contributed by atoms with van der Waals surface area (Å²) in [5, 5.41) is 5.31. The van der Waals surface area contributed by atoms with E-state index < -0.39 is 0 Å². The number of rotatable bonds is 2. The molecular formula is C19H21N3O. The first-order valence-electron chi connectivity index (χ1n) is 8.40. The number of benzene rings is 1. The Balaban J connectivity index is 1.66. The first-order valence-corrected chi connectivity index (χ1v) is 8.40. The van der Waals surface area contributed by atoms with Crippen LogP contribution in [0.15, 0.2) is 36.5 Å². The van der Waals surface area contributed by atoms with Crippen LogP contribution >= 0.6 is 0 Å². The van der Waals surface area contributed by atoms with Gasteiger partial charge in [-0.2, -0.15) is 0 Å². The standard InChI is InChI=1S/C19H21N3O/c1-12-5-2-3-7-15(12)22-19(23)16-11-14-9-8-13-6-4-10-20-17(13)18(14)21-16/h4,6,8-12,15,21H,2-3,5,7H2,1H3,(H,22,23). The topological polar surface area (TPSA) is 57.8 Å². The highest BCUT2D eigenvalue weighted by Gasteiger charge is 2.24. The van der Waals surface area contributed by atoms with Crippen LogP contribution in [0, 0.1) is 5.92 Å². The zero-order valence-electron chi connectivity index (χ0n) is 13.3. The Kier molecular flexibility index (Phi) is 3.52. The Morgan fingerprint density at radius 1 is 1.22 bits per heavy atom. The maximum Gasteiger partial charge on any atom is 0.267 e. The third kappa shape index (κ3) is 2.58. The van der Waals surface area contributed by atoms with E-state index in [2.05, 4.69) is 22.2 Å². The van der Waals surface area contributed by atoms with Crippen molar-refractivity contribution < 1.29 is 4.79 Å². The molecule has 2 atom stereocenters. The average Bonchev–Trinajstić information content (AvgIpc) is 3.02. The fourth-order valence-corrected chi connectivity index (χ4v) is 3.64. The molecule has 23 heavy (non-hydrogen) atoms. The first kappa shape index (κ1) is 14.2. The molecule has 0 radical (unpaired) electrons. The van der Waals surface area contributed by atoms with Crippen LogP contribution < -0.4 is 5.32 Å². The van der Waals surface area contributed by atoms with Gasteiger partial charge in [-0.3, -0.25) is 9.78 Å². The summed E-state index contributed by atoms with van der Waals surface area (Å²) < 4.78 is 0. The molecule has 118 valence electrons. The summed E-state index contributed by atoms with van der Waals surface area (Å²) >= 11 is 0. The Morgan fingerprint density at radius 2 is 2.04 bits per heavy atom. The van der Waals surface area contributed by atoms with Crippen LogP contribution in [0.2, 0.25) is 0 Å². The monoisotopic (exact) mass is 307 g/mol. The summed E-state index contributed by atoms with van der Waals surface area (Å²) in [5.41, 5.74) is 2.47. The zero-order chi connectivity index (χ0) is 15.8. The lowest BCUT2D eigenvalue weighted by atomic mass is 9.86. The number of pyridine rings is 1. The molecule has 0 aliphatic heterocycles. The second kappa shape index (κ2) is 5.69. The van der Waals surface area contributed by atoms with E-state index in [4.69, 9.17) is 0 Å². The summed E-state index contributed by atoms with van der Waals surface area (Å²) in [4.78, 5) is 20.3. The molecule has 1 aliphatic carbocycles. The number of nitrogens with one attached hydrogen (secondary N) is 2. The van der Waals surface area contributed by atoms with Gasteiger partial charge >= 0.3 is 0 Å². The Hall–Kier alpha value is -2.36. The van der Waals surface area contributed by atoms with Crippen LogP contribution in [0.5, 0.6) is 0 Å². The lowest BCUT2D eigenvalue weighted by molar-refractivity contribution is 0.0906. The fourth-order valence-electron chi connectivity index (χ4n) is 3.64. The molecule has 0 bridgehead atoms. The van der Waals surface area contributed by atoms with Crippen LogP contribution in [-0.4, -0.2) is 21.9 Å². The van der Waals surface area contributed by atoms with Gasteiger partial charge in [0.25, 0.3) is 5.91 Å². The van der Waals surface area contributed by atoms with Crippen LogP contribution in [0.25, 0.3) is 21.8 Å². The number of carbonyl (C=O) groups excluding carboxylic acids is 1. The van der Waals surface area contributed by atoms with Gasteiger partial charge in [0, 0.05) is 23.0 Å². The van der Waals surface area contributed by atoms with Gasteiger partial charge in [0.2, 0.25) is 0 Å². The second-order valence-electron chi connectivity index (χ2n) is 6.63. The highest BCUT2D eigenvalue weighted by Crippen LogP contribution is 2.26. The van der Waals surface area contributed by atoms with Crippen molar-refractivity contribution in [2.45, 2.75) is 38.6 Å². The minimum atomic E-state index is -0.0102. The molecule has 3 aromatic rings. The number of carbonyl (C=O) groups is 1. The fraction of sp³-hybridized carbons (Fsp3) is 0.368. The van der Waals surface area contributed by atoms with Gasteiger partial charge in [0.15, 0.2) is 0 Å². The number of H-pyrrole nitrogens is 1. The van der Waals surface area contributed by atoms with E-state index in [9.17, 15) is 4.79 Å². The molecule has 2 aromatic heterocycles. The second-order valence-corrected chi connectivity index (χ2v) is 6.63. The van der Waals surface area contributed by atoms with Crippen molar-refractivity contribution in [3.05, 3.63) is 42.2 Å². The number of hydrogen-bond acceptors (Lipinski definition) is 2. The molecule has 1 aromatic carbocycles. The predicted molar refractivity (Wildman–Crippen MR) is 92.5 cm³/mol. The number of fused-ring (bicyclic) bond motifs is 3. The summed E-state index contributed by atoms with van der Waals surface area (Å²) in [6.45, 7) is 2.23. The lowest BCUT2D eigenvalue weighted by Crippen LogP contribution is -2.41. The van der Waals surface area contributed by atoms with Crippen molar-refractivity contribution in [2.24, 2.45) is 5.92 Å². The van der Waals surface area contributed by atoms with Crippen molar-refractivity contribution >= 4 is 27.7 Å². The smallest absolute Gasteiger partial charge is 0.267 e. The number of amides is 1. The van der Waals surface area contributed by atoms with Gasteiger partial charge in [-0.15, -0.1) is 0 Å². The highest BCUT2D eigenvalue weighted by molar-refractivity contribution is 6.07. The molecule has 1 amide bonds. The van der Waals surface area contributed by atoms with Gasteiger partial charge in [-0.05, 0) is 30.9 Å². The third-order valence-electron chi connectivity index (χ3n) is 5.04. The molecule has 2 unspecified atom stereocenters. The normalized spacial score (nSPS) is 21.6. The van der Waals surface area contributed by atoms with Crippen molar-refractivity contribution in [2.75, 3.05) is 0 Å². The molecule has 4 heteroatoms. The highest BCUT2D eigenvalue weighted by atomic mass is 16.1. The van der Waals surface area contributed by atoms with Gasteiger partial charge in [0.1, 0.15) is 5.69 Å². The van der Waals surface area contributed by atoms with E-state index in [1.165, 1.54) is 19.3 Å². The minimum Gasteiger partial charge on any atom is -0.349 e. The quantitative estimate of drug-likeness (QED) is 0.751. The molecule has 2 N–H and O–H groups in total. The van der Waals surface area contributed by atoms with Crippen molar-refractivity contribution in [3.63, 3.8) is 0 Å². The third-order valence-corrected chi connectivity index (χ3v) is 5.04. The lowest BCUT2D eigenvalue weighted by Gasteiger charge is -2.29. The largest absolute Gasteiger partial charge is 0.349 e. The van der Waals surface area contributed by atoms with Crippen LogP contribution in [-0.2, 0) is 0 Å². The van der Waals surface area contributed by atoms with E-state index in [1.807, 2.05) is 30.3 Å². The number of hydrogen-bond donors (Lipinski definition) is 2. The van der Waals surface area contributed by atoms with Crippen molar-refractivity contribution in [3.8, 4) is 0 Å². The maximum absolute atomic E-state index is 12.6. The molecule has 1 saturated carbocycles. The van der Waals surface area contributed by atoms with Gasteiger partial charge in [-0.25, -0.2) is 0 Å². The molecular weight excluding hydrogens is 286 g/mol. The maximum atomic E-state index is 12.6. The van der Waals surface area contributed by atoms with E-state index in [0.29, 0.717) is 11.6 Å². The summed E-state index contributed by atoms with van der Waals surface area (Å²) in [7, 11) is 0. The minimum absolute atomic E-state index is 0.0102. The van der Waals surface area contributed by atoms with Crippen LogP contribution in [0.3, 0.4) is 0 Å². The molecule has 4 nitrogen and oxygen atoms in total. The molecule has 1 fully saturated rings. The number of aromatic amines is 1. The zero-order valence-corrected chi connectivity index (χ0v) is 13.3. The average molecular weight is 307 g/mol. The summed E-state index contributed by atoms with van der Waals surface area (Å²) in [6, 6.07) is 10.3. The van der Waals surface area contributed by atoms with Gasteiger partial charge in [0.05, 0.1) is 11.0 Å². The van der Waals surface area contributed by atoms with E-state index >= 15 is 0 Å².